The molecule has 9 heteroatoms. The van der Waals surface area contributed by atoms with Crippen molar-refractivity contribution < 1.29 is 14.2 Å². The van der Waals surface area contributed by atoms with Gasteiger partial charge in [0, 0.05) is 39.8 Å². The molecule has 1 aromatic carbocycles. The van der Waals surface area contributed by atoms with E-state index in [1.165, 1.54) is 11.8 Å². The first-order valence-electron chi connectivity index (χ1n) is 11.7. The maximum absolute atomic E-state index is 11.7. The van der Waals surface area contributed by atoms with E-state index in [1.54, 1.807) is 0 Å². The zero-order chi connectivity index (χ0) is 24.3. The summed E-state index contributed by atoms with van der Waals surface area (Å²) in [4.78, 5) is 24.3. The number of aryl methyl sites for hydroxylation is 1. The SMILES string of the molecule is C.CCC(=O)Cc1ccc(Sc2nc(Nc3cc(C)[nH]n3)cc(N3CC(O)(C(C)CC)C3)n2)cc1.[HH].[HH].[HH]. The normalized spacial score (nSPS) is 15.2. The highest BCUT2D eigenvalue weighted by atomic mass is 32.2. The molecule has 194 valence electrons. The average molecular weight is 503 g/mol. The quantitative estimate of drug-likeness (QED) is 0.294. The van der Waals surface area contributed by atoms with Gasteiger partial charge in [-0.15, -0.1) is 0 Å². The summed E-state index contributed by atoms with van der Waals surface area (Å²) in [6, 6.07) is 11.8. The molecule has 0 radical (unpaired) electrons. The number of nitrogens with zero attached hydrogens (tertiary/aromatic N) is 4. The van der Waals surface area contributed by atoms with Gasteiger partial charge in [-0.2, -0.15) is 5.10 Å². The molecule has 1 atom stereocenters. The highest BCUT2D eigenvalue weighted by molar-refractivity contribution is 7.99. The second kappa shape index (κ2) is 11.2. The van der Waals surface area contributed by atoms with Crippen molar-refractivity contribution in [2.75, 3.05) is 23.3 Å². The van der Waals surface area contributed by atoms with E-state index in [9.17, 15) is 9.90 Å². The van der Waals surface area contributed by atoms with Gasteiger partial charge in [0.2, 0.25) is 0 Å². The molecule has 3 heterocycles. The minimum absolute atomic E-state index is 0. The summed E-state index contributed by atoms with van der Waals surface area (Å²) >= 11 is 1.46. The lowest BCUT2D eigenvalue weighted by Gasteiger charge is -2.50. The molecule has 1 saturated heterocycles. The van der Waals surface area contributed by atoms with E-state index >= 15 is 0 Å². The molecule has 8 nitrogen and oxygen atoms in total. The Balaban J connectivity index is 0.00000342. The summed E-state index contributed by atoms with van der Waals surface area (Å²) in [5.74, 6) is 2.55. The van der Waals surface area contributed by atoms with Crippen LogP contribution in [0.2, 0.25) is 0 Å². The Hall–Kier alpha value is -2.91. The zero-order valence-electron chi connectivity index (χ0n) is 20.1. The van der Waals surface area contributed by atoms with Crippen LogP contribution in [0, 0.1) is 12.8 Å². The lowest BCUT2D eigenvalue weighted by Crippen LogP contribution is -2.65. The molecule has 0 spiro atoms. The van der Waals surface area contributed by atoms with E-state index in [4.69, 9.17) is 4.98 Å². The largest absolute Gasteiger partial charge is 0.386 e. The van der Waals surface area contributed by atoms with Crippen molar-refractivity contribution in [1.82, 2.24) is 20.2 Å². The number of aliphatic hydroxyl groups is 1. The Morgan fingerprint density at radius 2 is 1.94 bits per heavy atom. The Morgan fingerprint density at radius 3 is 2.54 bits per heavy atom. The fraction of sp³-hybridized carbons (Fsp3) is 0.462. The van der Waals surface area contributed by atoms with E-state index in [0.717, 1.165) is 28.4 Å². The van der Waals surface area contributed by atoms with Crippen LogP contribution in [0.15, 0.2) is 46.5 Å². The Morgan fingerprint density at radius 1 is 1.23 bits per heavy atom. The molecule has 0 bridgehead atoms. The molecule has 1 aliphatic rings. The van der Waals surface area contributed by atoms with Crippen LogP contribution in [-0.4, -0.2) is 49.7 Å². The number of anilines is 3. The third-order valence-corrected chi connectivity index (χ3v) is 7.24. The topological polar surface area (TPSA) is 107 Å². The fourth-order valence-corrected chi connectivity index (χ4v) is 4.67. The molecule has 3 aromatic rings. The van der Waals surface area contributed by atoms with E-state index in [0.29, 0.717) is 42.7 Å². The number of H-pyrrole nitrogens is 1. The summed E-state index contributed by atoms with van der Waals surface area (Å²) < 4.78 is 0. The molecule has 0 amide bonds. The first-order valence-corrected chi connectivity index (χ1v) is 12.5. The first-order chi connectivity index (χ1) is 16.3. The number of nitrogens with one attached hydrogen (secondary N) is 2. The number of ketones is 1. The summed E-state index contributed by atoms with van der Waals surface area (Å²) in [6.45, 7) is 9.10. The Labute approximate surface area is 216 Å². The van der Waals surface area contributed by atoms with Crippen LogP contribution < -0.4 is 10.2 Å². The number of carbonyl (C=O) groups is 1. The molecule has 2 aromatic heterocycles. The van der Waals surface area contributed by atoms with Crippen LogP contribution in [-0.2, 0) is 11.2 Å². The van der Waals surface area contributed by atoms with Gasteiger partial charge in [0.25, 0.3) is 0 Å². The number of β-amino-alcohol motifs (C(OH)–C–C–N with tert-alkyl or cyclic N) is 1. The molecular formula is C26H42N6O2S. The standard InChI is InChI=1S/C25H32N6O2S.CH4.3H2/c1-5-16(3)25(33)14-31(15-25)23-13-21(26-22-11-17(4)29-30-22)27-24(28-23)34-20-9-7-18(8-10-20)12-19(32)6-2;;;;/h7-11,13,16,33H,5-6,12,14-15H2,1-4H3,(H2,26,27,28,29,30);1H4;3*1H. The predicted molar refractivity (Wildman–Crippen MR) is 148 cm³/mol. The minimum Gasteiger partial charge on any atom is -0.386 e. The summed E-state index contributed by atoms with van der Waals surface area (Å²) in [7, 11) is 0. The van der Waals surface area contributed by atoms with Gasteiger partial charge in [-0.25, -0.2) is 9.97 Å². The van der Waals surface area contributed by atoms with Crippen LogP contribution >= 0.6 is 11.8 Å². The van der Waals surface area contributed by atoms with E-state index in [-0.39, 0.29) is 23.4 Å². The smallest absolute Gasteiger partial charge is 0.196 e. The molecule has 4 rings (SSSR count). The lowest BCUT2D eigenvalue weighted by molar-refractivity contribution is -0.118. The molecule has 1 fully saturated rings. The van der Waals surface area contributed by atoms with Crippen molar-refractivity contribution in [2.24, 2.45) is 5.92 Å². The highest BCUT2D eigenvalue weighted by Gasteiger charge is 2.45. The molecule has 0 saturated carbocycles. The van der Waals surface area contributed by atoms with Crippen LogP contribution in [0.1, 0.15) is 56.6 Å². The number of hydrogen-bond donors (Lipinski definition) is 3. The van der Waals surface area contributed by atoms with E-state index < -0.39 is 5.60 Å². The number of aromatic nitrogens is 4. The number of rotatable bonds is 10. The van der Waals surface area contributed by atoms with Crippen molar-refractivity contribution in [3.8, 4) is 0 Å². The van der Waals surface area contributed by atoms with Crippen molar-refractivity contribution >= 4 is 35.0 Å². The number of benzene rings is 1. The third-order valence-electron chi connectivity index (χ3n) is 6.37. The molecule has 1 aliphatic heterocycles. The Bertz CT molecular complexity index is 1160. The van der Waals surface area contributed by atoms with Gasteiger partial charge < -0.3 is 15.3 Å². The number of Topliss-reactive ketones (excluding diaryl/α,β-unsaturated/α-hetero) is 1. The first kappa shape index (κ1) is 26.7. The van der Waals surface area contributed by atoms with Gasteiger partial charge in [-0.3, -0.25) is 9.89 Å². The molecule has 35 heavy (non-hydrogen) atoms. The number of carbonyl (C=O) groups excluding carboxylic acids is 1. The number of aromatic amines is 1. The molecule has 3 N–H and O–H groups in total. The lowest BCUT2D eigenvalue weighted by atomic mass is 9.80. The second-order valence-corrected chi connectivity index (χ2v) is 10.1. The van der Waals surface area contributed by atoms with Crippen LogP contribution in [0.25, 0.3) is 0 Å². The predicted octanol–water partition coefficient (Wildman–Crippen LogP) is 5.90. The average Bonchev–Trinajstić information content (AvgIpc) is 3.21. The van der Waals surface area contributed by atoms with Crippen molar-refractivity contribution in [1.29, 1.82) is 0 Å². The minimum atomic E-state index is -0.689. The zero-order valence-corrected chi connectivity index (χ0v) is 20.9. The van der Waals surface area contributed by atoms with Gasteiger partial charge >= 0.3 is 0 Å². The van der Waals surface area contributed by atoms with Crippen LogP contribution in [0.5, 0.6) is 0 Å². The van der Waals surface area contributed by atoms with Crippen molar-refractivity contribution in [3.05, 3.63) is 47.7 Å². The Kier molecular flexibility index (Phi) is 8.56. The molecular weight excluding hydrogens is 460 g/mol. The monoisotopic (exact) mass is 502 g/mol. The fourth-order valence-electron chi connectivity index (χ4n) is 3.90. The summed E-state index contributed by atoms with van der Waals surface area (Å²) in [6.07, 6.45) is 1.93. The van der Waals surface area contributed by atoms with Crippen LogP contribution in [0.4, 0.5) is 17.5 Å². The van der Waals surface area contributed by atoms with Gasteiger partial charge in [-0.1, -0.05) is 46.8 Å². The van der Waals surface area contributed by atoms with Gasteiger partial charge in [0.15, 0.2) is 11.0 Å². The highest BCUT2D eigenvalue weighted by Crippen LogP contribution is 2.36. The summed E-state index contributed by atoms with van der Waals surface area (Å²) in [5.41, 5.74) is 1.27. The molecule has 0 aliphatic carbocycles. The molecule has 1 unspecified atom stereocenters. The third kappa shape index (κ3) is 6.41. The van der Waals surface area contributed by atoms with Crippen molar-refractivity contribution in [3.63, 3.8) is 0 Å². The van der Waals surface area contributed by atoms with Crippen molar-refractivity contribution in [2.45, 2.75) is 70.0 Å². The maximum Gasteiger partial charge on any atom is 0.196 e. The summed E-state index contributed by atoms with van der Waals surface area (Å²) in [5, 5.41) is 21.9. The number of hydrogen-bond acceptors (Lipinski definition) is 8. The van der Waals surface area contributed by atoms with Gasteiger partial charge in [-0.05, 0) is 42.3 Å². The van der Waals surface area contributed by atoms with Crippen LogP contribution in [0.3, 0.4) is 0 Å². The van der Waals surface area contributed by atoms with E-state index in [1.807, 2.05) is 50.2 Å². The van der Waals surface area contributed by atoms with E-state index in [2.05, 4.69) is 39.2 Å². The maximum atomic E-state index is 11.7. The van der Waals surface area contributed by atoms with Gasteiger partial charge in [0.05, 0.1) is 13.1 Å². The van der Waals surface area contributed by atoms with Gasteiger partial charge in [0.1, 0.15) is 23.0 Å². The second-order valence-electron chi connectivity index (χ2n) is 9.04.